The third-order valence-corrected chi connectivity index (χ3v) is 4.24. The van der Waals surface area contributed by atoms with Crippen LogP contribution in [0.25, 0.3) is 11.0 Å². The molecule has 2 aromatic heterocycles. The van der Waals surface area contributed by atoms with Crippen LogP contribution in [-0.2, 0) is 11.8 Å². The zero-order valence-corrected chi connectivity index (χ0v) is 13.7. The topological polar surface area (TPSA) is 53.4 Å². The minimum Gasteiger partial charge on any atom is -0.485 e. The van der Waals surface area contributed by atoms with Crippen LogP contribution >= 0.6 is 11.6 Å². The molecule has 1 atom stereocenters. The van der Waals surface area contributed by atoms with E-state index < -0.39 is 0 Å². The zero-order chi connectivity index (χ0) is 15.9. The quantitative estimate of drug-likeness (QED) is 0.815. The molecule has 22 heavy (non-hydrogen) atoms. The number of ether oxygens (including phenoxy) is 2. The highest BCUT2D eigenvalue weighted by atomic mass is 35.5. The Kier molecular flexibility index (Phi) is 4.10. The highest BCUT2D eigenvalue weighted by Crippen LogP contribution is 2.31. The molecule has 2 aromatic rings. The van der Waals surface area contributed by atoms with E-state index in [2.05, 4.69) is 4.98 Å². The van der Waals surface area contributed by atoms with Crippen LogP contribution in [0.1, 0.15) is 31.7 Å². The van der Waals surface area contributed by atoms with Crippen molar-refractivity contribution in [2.75, 3.05) is 13.2 Å². The fraction of sp³-hybridized carbons (Fsp3) is 0.500. The molecule has 1 aliphatic rings. The first-order valence-corrected chi connectivity index (χ1v) is 7.79. The van der Waals surface area contributed by atoms with Gasteiger partial charge < -0.3 is 14.0 Å². The van der Waals surface area contributed by atoms with E-state index in [9.17, 15) is 4.79 Å². The van der Waals surface area contributed by atoms with Gasteiger partial charge in [-0.1, -0.05) is 25.4 Å². The number of aromatic nitrogens is 2. The predicted molar refractivity (Wildman–Crippen MR) is 85.9 cm³/mol. The molecule has 5 nitrogen and oxygen atoms in total. The SMILES string of the molecule is CC(C)c1cc(=O)n(C)c2cc(OC3CCOC3)c(Cl)nc12. The van der Waals surface area contributed by atoms with Gasteiger partial charge in [-0.2, -0.15) is 0 Å². The van der Waals surface area contributed by atoms with Crippen molar-refractivity contribution in [1.82, 2.24) is 9.55 Å². The maximum atomic E-state index is 12.1. The molecule has 1 aliphatic heterocycles. The van der Waals surface area contributed by atoms with E-state index in [1.54, 1.807) is 23.7 Å². The molecular weight excluding hydrogens is 304 g/mol. The Bertz CT molecular complexity index is 764. The lowest BCUT2D eigenvalue weighted by Gasteiger charge is -2.16. The van der Waals surface area contributed by atoms with E-state index in [-0.39, 0.29) is 17.6 Å². The van der Waals surface area contributed by atoms with Crippen LogP contribution in [0.2, 0.25) is 5.15 Å². The van der Waals surface area contributed by atoms with Gasteiger partial charge in [0.1, 0.15) is 6.10 Å². The number of nitrogens with zero attached hydrogens (tertiary/aromatic N) is 2. The van der Waals surface area contributed by atoms with Gasteiger partial charge in [0.25, 0.3) is 5.56 Å². The largest absolute Gasteiger partial charge is 0.485 e. The van der Waals surface area contributed by atoms with Crippen LogP contribution < -0.4 is 10.3 Å². The fourth-order valence-electron chi connectivity index (χ4n) is 2.66. The Balaban J connectivity index is 2.15. The summed E-state index contributed by atoms with van der Waals surface area (Å²) in [5.74, 6) is 0.690. The Morgan fingerprint density at radius 3 is 2.86 bits per heavy atom. The number of hydrogen-bond acceptors (Lipinski definition) is 4. The minimum absolute atomic E-state index is 0.0120. The molecule has 0 spiro atoms. The summed E-state index contributed by atoms with van der Waals surface area (Å²) in [6, 6.07) is 3.43. The molecule has 0 aliphatic carbocycles. The van der Waals surface area contributed by atoms with Crippen molar-refractivity contribution >= 4 is 22.6 Å². The monoisotopic (exact) mass is 322 g/mol. The molecule has 118 valence electrons. The fourth-order valence-corrected chi connectivity index (χ4v) is 2.84. The number of rotatable bonds is 3. The average molecular weight is 323 g/mol. The highest BCUT2D eigenvalue weighted by molar-refractivity contribution is 6.31. The highest BCUT2D eigenvalue weighted by Gasteiger charge is 2.20. The number of fused-ring (bicyclic) bond motifs is 1. The van der Waals surface area contributed by atoms with E-state index in [0.717, 1.165) is 23.0 Å². The third kappa shape index (κ3) is 2.71. The van der Waals surface area contributed by atoms with Crippen molar-refractivity contribution in [3.63, 3.8) is 0 Å². The van der Waals surface area contributed by atoms with Crippen LogP contribution in [0.5, 0.6) is 5.75 Å². The second-order valence-corrected chi connectivity index (χ2v) is 6.26. The van der Waals surface area contributed by atoms with E-state index in [1.807, 2.05) is 13.8 Å². The second-order valence-electron chi connectivity index (χ2n) is 5.90. The standard InChI is InChI=1S/C16H19ClN2O3/c1-9(2)11-6-14(20)19(3)12-7-13(16(17)18-15(11)12)22-10-4-5-21-8-10/h6-7,9-10H,4-5,8H2,1-3H3. The van der Waals surface area contributed by atoms with Crippen molar-refractivity contribution in [2.24, 2.45) is 7.05 Å². The van der Waals surface area contributed by atoms with Crippen molar-refractivity contribution in [3.05, 3.63) is 33.2 Å². The van der Waals surface area contributed by atoms with Gasteiger partial charge in [0, 0.05) is 25.6 Å². The van der Waals surface area contributed by atoms with Crippen LogP contribution in [0.4, 0.5) is 0 Å². The van der Waals surface area contributed by atoms with E-state index in [1.165, 1.54) is 0 Å². The van der Waals surface area contributed by atoms with Gasteiger partial charge in [-0.05, 0) is 11.5 Å². The van der Waals surface area contributed by atoms with Crippen molar-refractivity contribution in [1.29, 1.82) is 0 Å². The summed E-state index contributed by atoms with van der Waals surface area (Å²) < 4.78 is 12.8. The molecule has 6 heteroatoms. The Labute approximate surface area is 133 Å². The summed E-state index contributed by atoms with van der Waals surface area (Å²) in [6.45, 7) is 5.31. The normalized spacial score (nSPS) is 18.3. The second kappa shape index (κ2) is 5.89. The zero-order valence-electron chi connectivity index (χ0n) is 12.9. The molecule has 1 saturated heterocycles. The van der Waals surface area contributed by atoms with Crippen LogP contribution in [0, 0.1) is 0 Å². The minimum atomic E-state index is -0.0597. The van der Waals surface area contributed by atoms with Crippen LogP contribution in [-0.4, -0.2) is 28.9 Å². The number of aryl methyl sites for hydroxylation is 1. The number of pyridine rings is 2. The first-order chi connectivity index (χ1) is 10.5. The summed E-state index contributed by atoms with van der Waals surface area (Å²) in [7, 11) is 1.73. The Hall–Kier alpha value is -1.59. The first kappa shape index (κ1) is 15.3. The first-order valence-electron chi connectivity index (χ1n) is 7.42. The lowest BCUT2D eigenvalue weighted by atomic mass is 10.0. The molecule has 0 N–H and O–H groups in total. The lowest BCUT2D eigenvalue weighted by molar-refractivity contribution is 0.141. The van der Waals surface area contributed by atoms with Gasteiger partial charge in [-0.25, -0.2) is 4.98 Å². The maximum absolute atomic E-state index is 12.1. The van der Waals surface area contributed by atoms with Crippen molar-refractivity contribution < 1.29 is 9.47 Å². The van der Waals surface area contributed by atoms with Gasteiger partial charge >= 0.3 is 0 Å². The van der Waals surface area contributed by atoms with Crippen molar-refractivity contribution in [2.45, 2.75) is 32.3 Å². The molecule has 3 rings (SSSR count). The molecule has 1 unspecified atom stereocenters. The number of halogens is 1. The van der Waals surface area contributed by atoms with Gasteiger partial charge in [0.2, 0.25) is 0 Å². The lowest BCUT2D eigenvalue weighted by Crippen LogP contribution is -2.19. The smallest absolute Gasteiger partial charge is 0.251 e. The summed E-state index contributed by atoms with van der Waals surface area (Å²) in [4.78, 5) is 16.6. The molecule has 0 radical (unpaired) electrons. The summed E-state index contributed by atoms with van der Waals surface area (Å²) in [6.07, 6.45) is 0.821. The van der Waals surface area contributed by atoms with Gasteiger partial charge in [0.15, 0.2) is 10.9 Å². The Morgan fingerprint density at radius 1 is 1.45 bits per heavy atom. The molecule has 3 heterocycles. The number of hydrogen-bond donors (Lipinski definition) is 0. The van der Waals surface area contributed by atoms with Gasteiger partial charge in [0.05, 0.1) is 24.2 Å². The summed E-state index contributed by atoms with van der Waals surface area (Å²) in [5, 5.41) is 0.319. The van der Waals surface area contributed by atoms with E-state index in [0.29, 0.717) is 24.1 Å². The third-order valence-electron chi connectivity index (χ3n) is 3.97. The molecule has 0 aromatic carbocycles. The van der Waals surface area contributed by atoms with Crippen LogP contribution in [0.15, 0.2) is 16.9 Å². The molecular formula is C16H19ClN2O3. The Morgan fingerprint density at radius 2 is 2.23 bits per heavy atom. The van der Waals surface area contributed by atoms with E-state index >= 15 is 0 Å². The van der Waals surface area contributed by atoms with Crippen LogP contribution in [0.3, 0.4) is 0 Å². The summed E-state index contributed by atoms with van der Waals surface area (Å²) >= 11 is 6.29. The van der Waals surface area contributed by atoms with Crippen molar-refractivity contribution in [3.8, 4) is 5.75 Å². The van der Waals surface area contributed by atoms with E-state index in [4.69, 9.17) is 21.1 Å². The van der Waals surface area contributed by atoms with Gasteiger partial charge in [-0.3, -0.25) is 4.79 Å². The molecule has 0 amide bonds. The average Bonchev–Trinajstić information content (AvgIpc) is 2.97. The van der Waals surface area contributed by atoms with Gasteiger partial charge in [-0.15, -0.1) is 0 Å². The predicted octanol–water partition coefficient (Wildman–Crippen LogP) is 2.88. The molecule has 0 saturated carbocycles. The maximum Gasteiger partial charge on any atom is 0.251 e. The summed E-state index contributed by atoms with van der Waals surface area (Å²) in [5.41, 5.74) is 2.32. The molecule has 1 fully saturated rings. The molecule has 0 bridgehead atoms.